The molecule has 0 amide bonds. The van der Waals surface area contributed by atoms with Crippen molar-refractivity contribution < 1.29 is 0 Å². The molecule has 0 spiro atoms. The molecule has 0 aliphatic carbocycles. The Kier molecular flexibility index (Phi) is 5.09. The van der Waals surface area contributed by atoms with Gasteiger partial charge in [-0.2, -0.15) is 5.26 Å². The van der Waals surface area contributed by atoms with Gasteiger partial charge in [-0.1, -0.05) is 12.1 Å². The van der Waals surface area contributed by atoms with Crippen LogP contribution >= 0.6 is 0 Å². The zero-order valence-corrected chi connectivity index (χ0v) is 14.1. The number of hydrogen-bond donors (Lipinski definition) is 1. The first-order valence-electron chi connectivity index (χ1n) is 8.31. The number of likely N-dealkylation sites (N-methyl/N-ethyl adjacent to an activating group) is 1. The molecule has 2 N–H and O–H groups in total. The summed E-state index contributed by atoms with van der Waals surface area (Å²) in [5, 5.41) is 9.53. The molecule has 5 heteroatoms. The largest absolute Gasteiger partial charge is 0.384 e. The second-order valence-corrected chi connectivity index (χ2v) is 6.40. The summed E-state index contributed by atoms with van der Waals surface area (Å²) in [6.45, 7) is 5.32. The molecule has 0 saturated carbocycles. The number of anilines is 1. The van der Waals surface area contributed by atoms with Crippen LogP contribution in [-0.2, 0) is 6.54 Å². The van der Waals surface area contributed by atoms with Crippen molar-refractivity contribution >= 4 is 5.82 Å². The van der Waals surface area contributed by atoms with E-state index < -0.39 is 0 Å². The highest BCUT2D eigenvalue weighted by Gasteiger charge is 2.13. The predicted octanol–water partition coefficient (Wildman–Crippen LogP) is 2.34. The molecule has 1 saturated heterocycles. The summed E-state index contributed by atoms with van der Waals surface area (Å²) in [6, 6.07) is 12.1. The van der Waals surface area contributed by atoms with Crippen LogP contribution < -0.4 is 5.73 Å². The lowest BCUT2D eigenvalue weighted by atomic mass is 9.99. The zero-order valence-electron chi connectivity index (χ0n) is 14.1. The van der Waals surface area contributed by atoms with Crippen LogP contribution in [0.5, 0.6) is 0 Å². The molecule has 5 nitrogen and oxygen atoms in total. The summed E-state index contributed by atoms with van der Waals surface area (Å²) in [5.74, 6) is 0.486. The molecule has 2 aromatic rings. The Bertz CT molecular complexity index is 732. The first-order chi connectivity index (χ1) is 11.7. The minimum absolute atomic E-state index is 0.486. The first-order valence-corrected chi connectivity index (χ1v) is 8.31. The van der Waals surface area contributed by atoms with Gasteiger partial charge in [0.15, 0.2) is 0 Å². The number of aromatic nitrogens is 1. The summed E-state index contributed by atoms with van der Waals surface area (Å²) >= 11 is 0. The monoisotopic (exact) mass is 321 g/mol. The van der Waals surface area contributed by atoms with E-state index in [1.807, 2.05) is 18.2 Å². The highest BCUT2D eigenvalue weighted by atomic mass is 15.2. The van der Waals surface area contributed by atoms with Gasteiger partial charge in [0.05, 0.1) is 11.6 Å². The van der Waals surface area contributed by atoms with Gasteiger partial charge in [0.25, 0.3) is 0 Å². The Hall–Kier alpha value is -2.42. The average molecular weight is 321 g/mol. The van der Waals surface area contributed by atoms with Crippen LogP contribution in [0.3, 0.4) is 0 Å². The molecule has 0 bridgehead atoms. The van der Waals surface area contributed by atoms with Gasteiger partial charge in [-0.25, -0.2) is 4.98 Å². The fraction of sp³-hybridized carbons (Fsp3) is 0.368. The van der Waals surface area contributed by atoms with Gasteiger partial charge in [-0.3, -0.25) is 4.90 Å². The quantitative estimate of drug-likeness (QED) is 0.939. The summed E-state index contributed by atoms with van der Waals surface area (Å²) in [4.78, 5) is 8.96. The van der Waals surface area contributed by atoms with Crippen LogP contribution in [0.25, 0.3) is 11.1 Å². The van der Waals surface area contributed by atoms with Gasteiger partial charge in [0, 0.05) is 37.0 Å². The normalized spacial score (nSPS) is 16.5. The lowest BCUT2D eigenvalue weighted by molar-refractivity contribution is 0.269. The number of nitrogens with two attached hydrogens (primary N) is 1. The van der Waals surface area contributed by atoms with Crippen molar-refractivity contribution in [1.29, 1.82) is 5.26 Å². The highest BCUT2D eigenvalue weighted by Crippen LogP contribution is 2.25. The molecule has 124 valence electrons. The molecule has 1 aromatic carbocycles. The van der Waals surface area contributed by atoms with Gasteiger partial charge in [-0.05, 0) is 50.3 Å². The van der Waals surface area contributed by atoms with Gasteiger partial charge in [0.2, 0.25) is 0 Å². The van der Waals surface area contributed by atoms with Crippen LogP contribution in [0.4, 0.5) is 5.82 Å². The predicted molar refractivity (Wildman–Crippen MR) is 96.2 cm³/mol. The number of nitriles is 1. The SMILES string of the molecule is CN1CCCN(Cc2ccc(-c3ccc(N)nc3)c(C#N)c2)CC1. The molecule has 0 radical (unpaired) electrons. The van der Waals surface area contributed by atoms with Gasteiger partial charge in [0.1, 0.15) is 5.82 Å². The van der Waals surface area contributed by atoms with Crippen molar-refractivity contribution in [3.05, 3.63) is 47.7 Å². The standard InChI is InChI=1S/C19H23N5/c1-23-7-2-8-24(10-9-23)14-15-3-5-18(17(11-15)12-20)16-4-6-19(21)22-13-16/h3-6,11,13H,2,7-10,14H2,1H3,(H2,21,22). The third-order valence-electron chi connectivity index (χ3n) is 4.52. The van der Waals surface area contributed by atoms with E-state index in [1.165, 1.54) is 12.0 Å². The van der Waals surface area contributed by atoms with Crippen LogP contribution in [0, 0.1) is 11.3 Å². The Morgan fingerprint density at radius 2 is 2.04 bits per heavy atom. The Balaban J connectivity index is 1.79. The molecular weight excluding hydrogens is 298 g/mol. The molecule has 1 aliphatic rings. The molecule has 2 heterocycles. The number of hydrogen-bond acceptors (Lipinski definition) is 5. The van der Waals surface area contributed by atoms with Crippen molar-refractivity contribution in [1.82, 2.24) is 14.8 Å². The number of rotatable bonds is 3. The molecular formula is C19H23N5. The maximum Gasteiger partial charge on any atom is 0.123 e. The Labute approximate surface area is 143 Å². The van der Waals surface area contributed by atoms with Gasteiger partial charge < -0.3 is 10.6 Å². The number of nitrogen functional groups attached to an aromatic ring is 1. The summed E-state index contributed by atoms with van der Waals surface area (Å²) in [5.41, 5.74) is 9.34. The minimum atomic E-state index is 0.486. The third-order valence-corrected chi connectivity index (χ3v) is 4.52. The highest BCUT2D eigenvalue weighted by molar-refractivity contribution is 5.70. The Morgan fingerprint density at radius 3 is 2.79 bits per heavy atom. The molecule has 1 aliphatic heterocycles. The van der Waals surface area contributed by atoms with Crippen molar-refractivity contribution in [2.75, 3.05) is 39.0 Å². The first kappa shape index (κ1) is 16.4. The number of pyridine rings is 1. The van der Waals surface area contributed by atoms with Crippen molar-refractivity contribution in [2.45, 2.75) is 13.0 Å². The van der Waals surface area contributed by atoms with Crippen LogP contribution in [0.1, 0.15) is 17.5 Å². The molecule has 0 atom stereocenters. The lowest BCUT2D eigenvalue weighted by Crippen LogP contribution is -2.28. The number of nitrogens with zero attached hydrogens (tertiary/aromatic N) is 4. The summed E-state index contributed by atoms with van der Waals surface area (Å²) in [7, 11) is 2.17. The van der Waals surface area contributed by atoms with E-state index in [2.05, 4.69) is 34.0 Å². The van der Waals surface area contributed by atoms with E-state index in [0.717, 1.165) is 43.9 Å². The third kappa shape index (κ3) is 3.91. The van der Waals surface area contributed by atoms with Gasteiger partial charge >= 0.3 is 0 Å². The maximum atomic E-state index is 9.53. The molecule has 1 fully saturated rings. The Morgan fingerprint density at radius 1 is 1.17 bits per heavy atom. The zero-order chi connectivity index (χ0) is 16.9. The van der Waals surface area contributed by atoms with E-state index in [9.17, 15) is 5.26 Å². The van der Waals surface area contributed by atoms with E-state index in [-0.39, 0.29) is 0 Å². The van der Waals surface area contributed by atoms with E-state index >= 15 is 0 Å². The van der Waals surface area contributed by atoms with E-state index in [0.29, 0.717) is 11.4 Å². The fourth-order valence-electron chi connectivity index (χ4n) is 3.11. The average Bonchev–Trinajstić information content (AvgIpc) is 2.80. The number of benzene rings is 1. The second kappa shape index (κ2) is 7.43. The second-order valence-electron chi connectivity index (χ2n) is 6.40. The molecule has 3 rings (SSSR count). The molecule has 0 unspecified atom stereocenters. The molecule has 24 heavy (non-hydrogen) atoms. The lowest BCUT2D eigenvalue weighted by Gasteiger charge is -2.20. The molecule has 1 aromatic heterocycles. The topological polar surface area (TPSA) is 69.2 Å². The van der Waals surface area contributed by atoms with E-state index in [1.54, 1.807) is 12.3 Å². The van der Waals surface area contributed by atoms with Crippen molar-refractivity contribution in [2.24, 2.45) is 0 Å². The summed E-state index contributed by atoms with van der Waals surface area (Å²) in [6.07, 6.45) is 2.91. The van der Waals surface area contributed by atoms with Crippen LogP contribution in [0.15, 0.2) is 36.5 Å². The summed E-state index contributed by atoms with van der Waals surface area (Å²) < 4.78 is 0. The van der Waals surface area contributed by atoms with Crippen LogP contribution in [-0.4, -0.2) is 48.0 Å². The van der Waals surface area contributed by atoms with Gasteiger partial charge in [-0.15, -0.1) is 0 Å². The fourth-order valence-corrected chi connectivity index (χ4v) is 3.11. The van der Waals surface area contributed by atoms with E-state index in [4.69, 9.17) is 5.73 Å². The maximum absolute atomic E-state index is 9.53. The van der Waals surface area contributed by atoms with Crippen molar-refractivity contribution in [3.8, 4) is 17.2 Å². The minimum Gasteiger partial charge on any atom is -0.384 e. The smallest absolute Gasteiger partial charge is 0.123 e. The van der Waals surface area contributed by atoms with Crippen molar-refractivity contribution in [3.63, 3.8) is 0 Å². The van der Waals surface area contributed by atoms with Crippen LogP contribution in [0.2, 0.25) is 0 Å².